The fourth-order valence-corrected chi connectivity index (χ4v) is 8.70. The molecule has 0 saturated carbocycles. The Morgan fingerprint density at radius 2 is 0.971 bits per heavy atom. The van der Waals surface area contributed by atoms with Gasteiger partial charge in [-0.3, -0.25) is 0 Å². The van der Waals surface area contributed by atoms with Gasteiger partial charge in [0.05, 0.1) is 0 Å². The third-order valence-corrected chi connectivity index (χ3v) is 10.3. The summed E-state index contributed by atoms with van der Waals surface area (Å²) in [5.41, 5.74) is 6.56. The van der Waals surface area contributed by atoms with Crippen LogP contribution in [0, 0.1) is 0 Å². The zero-order valence-corrected chi connectivity index (χ0v) is 20.2. The third-order valence-electron chi connectivity index (χ3n) is 7.01. The fourth-order valence-electron chi connectivity index (χ4n) is 5.35. The minimum Gasteiger partial charge on any atom is -0.347 e. The van der Waals surface area contributed by atoms with Gasteiger partial charge in [0.2, 0.25) is 10.6 Å². The standard InChI is InChI=1S/C28H22O4P2/c1-16(17-12-6-14-21-19-8-2-4-10-23(19)27(29)33(31)25(17)21)18-13-7-15-22-20-9-3-5-11-24(20)28(30)34(32)26(18)22/h2-16,27-30H,1H3/q+2. The van der Waals surface area contributed by atoms with Crippen LogP contribution in [0.5, 0.6) is 0 Å². The second-order valence-electron chi connectivity index (χ2n) is 8.78. The van der Waals surface area contributed by atoms with Gasteiger partial charge in [0.25, 0.3) is 11.7 Å². The van der Waals surface area contributed by atoms with Crippen LogP contribution >= 0.6 is 15.6 Å². The Hall–Kier alpha value is -3.00. The molecule has 4 nitrogen and oxygen atoms in total. The van der Waals surface area contributed by atoms with Crippen molar-refractivity contribution in [3.05, 3.63) is 107 Å². The molecule has 0 aromatic heterocycles. The quantitative estimate of drug-likeness (QED) is 0.338. The van der Waals surface area contributed by atoms with Crippen LogP contribution in [0.3, 0.4) is 0 Å². The van der Waals surface area contributed by atoms with Crippen LogP contribution < -0.4 is 10.6 Å². The Morgan fingerprint density at radius 1 is 0.588 bits per heavy atom. The third kappa shape index (κ3) is 3.00. The SMILES string of the molecule is CC(c1cccc2c1[P+](=O)C(O)c1ccccc1-2)c1cccc2c1[P+](=O)C(O)c1ccccc1-2. The van der Waals surface area contributed by atoms with Crippen LogP contribution in [0.1, 0.15) is 46.8 Å². The van der Waals surface area contributed by atoms with E-state index in [9.17, 15) is 19.3 Å². The maximum absolute atomic E-state index is 13.5. The van der Waals surface area contributed by atoms with Crippen molar-refractivity contribution >= 4 is 26.2 Å². The van der Waals surface area contributed by atoms with Gasteiger partial charge in [-0.15, -0.1) is 0 Å². The second kappa shape index (κ2) is 8.05. The molecule has 34 heavy (non-hydrogen) atoms. The average Bonchev–Trinajstić information content (AvgIpc) is 2.89. The van der Waals surface area contributed by atoms with Gasteiger partial charge in [-0.05, 0) is 23.3 Å². The normalized spacial score (nSPS) is 21.1. The largest absolute Gasteiger partial charge is 0.414 e. The first kappa shape index (κ1) is 21.5. The van der Waals surface area contributed by atoms with Crippen molar-refractivity contribution in [2.24, 2.45) is 0 Å². The molecule has 0 spiro atoms. The van der Waals surface area contributed by atoms with Gasteiger partial charge in [0, 0.05) is 39.3 Å². The first-order chi connectivity index (χ1) is 16.5. The number of hydrogen-bond acceptors (Lipinski definition) is 4. The molecule has 4 atom stereocenters. The number of rotatable bonds is 2. The smallest absolute Gasteiger partial charge is 0.347 e. The summed E-state index contributed by atoms with van der Waals surface area (Å²) in [6, 6.07) is 26.7. The number of fused-ring (bicyclic) bond motifs is 6. The van der Waals surface area contributed by atoms with Crippen LogP contribution in [0.25, 0.3) is 22.3 Å². The average molecular weight is 484 g/mol. The topological polar surface area (TPSA) is 74.6 Å². The lowest BCUT2D eigenvalue weighted by Crippen LogP contribution is -2.23. The van der Waals surface area contributed by atoms with Crippen molar-refractivity contribution in [2.45, 2.75) is 24.5 Å². The number of hydrogen-bond donors (Lipinski definition) is 2. The molecule has 2 heterocycles. The van der Waals surface area contributed by atoms with Gasteiger partial charge in [-0.2, -0.15) is 0 Å². The molecule has 0 radical (unpaired) electrons. The lowest BCUT2D eigenvalue weighted by molar-refractivity contribution is 0.259. The van der Waals surface area contributed by atoms with Gasteiger partial charge < -0.3 is 10.2 Å². The Morgan fingerprint density at radius 3 is 1.41 bits per heavy atom. The molecule has 2 aliphatic heterocycles. The van der Waals surface area contributed by atoms with Gasteiger partial charge in [0.1, 0.15) is 0 Å². The second-order valence-corrected chi connectivity index (χ2v) is 12.0. The number of benzene rings is 4. The highest BCUT2D eigenvalue weighted by atomic mass is 31.1. The molecule has 0 saturated heterocycles. The van der Waals surface area contributed by atoms with Crippen LogP contribution in [-0.4, -0.2) is 10.2 Å². The predicted octanol–water partition coefficient (Wildman–Crippen LogP) is 6.09. The summed E-state index contributed by atoms with van der Waals surface area (Å²) in [6.45, 7) is 2.01. The molecule has 2 aliphatic rings. The van der Waals surface area contributed by atoms with Crippen molar-refractivity contribution in [1.82, 2.24) is 0 Å². The van der Waals surface area contributed by atoms with E-state index in [1.54, 1.807) is 0 Å². The van der Waals surface area contributed by atoms with E-state index in [1.165, 1.54) is 0 Å². The maximum atomic E-state index is 13.5. The Labute approximate surface area is 199 Å². The summed E-state index contributed by atoms with van der Waals surface area (Å²) in [6.07, 6.45) is 0. The highest BCUT2D eigenvalue weighted by Gasteiger charge is 2.47. The molecular formula is C28H22O4P2+2. The number of aliphatic hydroxyl groups is 2. The van der Waals surface area contributed by atoms with E-state index in [2.05, 4.69) is 0 Å². The fraction of sp³-hybridized carbons (Fsp3) is 0.143. The molecule has 0 amide bonds. The van der Waals surface area contributed by atoms with Gasteiger partial charge in [0.15, 0.2) is 0 Å². The van der Waals surface area contributed by atoms with Crippen molar-refractivity contribution in [3.8, 4) is 22.3 Å². The van der Waals surface area contributed by atoms with Crippen LogP contribution in [0.15, 0.2) is 84.9 Å². The van der Waals surface area contributed by atoms with Gasteiger partial charge >= 0.3 is 15.6 Å². The summed E-state index contributed by atoms with van der Waals surface area (Å²) in [5, 5.41) is 23.0. The number of aliphatic hydroxyl groups excluding tert-OH is 2. The summed E-state index contributed by atoms with van der Waals surface area (Å²) in [4.78, 5) is 0. The first-order valence-corrected chi connectivity index (χ1v) is 13.9. The molecule has 6 rings (SSSR count). The van der Waals surface area contributed by atoms with Gasteiger partial charge in [-0.25, -0.2) is 0 Å². The highest BCUT2D eigenvalue weighted by molar-refractivity contribution is 7.54. The van der Waals surface area contributed by atoms with Crippen LogP contribution in [0.4, 0.5) is 0 Å². The predicted molar refractivity (Wildman–Crippen MR) is 136 cm³/mol. The van der Waals surface area contributed by atoms with E-state index >= 15 is 0 Å². The Bertz CT molecular complexity index is 1400. The van der Waals surface area contributed by atoms with Crippen molar-refractivity contribution < 1.29 is 19.3 Å². The lowest BCUT2D eigenvalue weighted by Gasteiger charge is -2.22. The lowest BCUT2D eigenvalue weighted by atomic mass is 9.87. The molecule has 2 N–H and O–H groups in total. The molecule has 4 aromatic rings. The monoisotopic (exact) mass is 484 g/mol. The minimum atomic E-state index is -2.09. The molecule has 4 unspecified atom stereocenters. The van der Waals surface area contributed by atoms with E-state index in [4.69, 9.17) is 0 Å². The van der Waals surface area contributed by atoms with Crippen LogP contribution in [0.2, 0.25) is 0 Å². The summed E-state index contributed by atoms with van der Waals surface area (Å²) in [7, 11) is -4.18. The van der Waals surface area contributed by atoms with E-state index in [0.717, 1.165) is 33.4 Å². The molecule has 0 bridgehead atoms. The molecule has 0 aliphatic carbocycles. The van der Waals surface area contributed by atoms with Gasteiger partial charge in [-0.1, -0.05) is 88.9 Å². The molecule has 0 fully saturated rings. The first-order valence-electron chi connectivity index (χ1n) is 11.2. The molecule has 166 valence electrons. The molecule has 4 aromatic carbocycles. The Balaban J connectivity index is 1.57. The van der Waals surface area contributed by atoms with Crippen molar-refractivity contribution in [2.75, 3.05) is 0 Å². The zero-order chi connectivity index (χ0) is 23.6. The van der Waals surface area contributed by atoms with Crippen molar-refractivity contribution in [1.29, 1.82) is 0 Å². The Kier molecular flexibility index (Phi) is 5.09. The van der Waals surface area contributed by atoms with E-state index in [-0.39, 0.29) is 5.92 Å². The highest BCUT2D eigenvalue weighted by Crippen LogP contribution is 2.52. The van der Waals surface area contributed by atoms with E-state index in [0.29, 0.717) is 21.7 Å². The summed E-state index contributed by atoms with van der Waals surface area (Å²) < 4.78 is 27.0. The summed E-state index contributed by atoms with van der Waals surface area (Å²) in [5.74, 6) is -2.37. The van der Waals surface area contributed by atoms with E-state index in [1.807, 2.05) is 91.9 Å². The minimum absolute atomic E-state index is 0.238. The summed E-state index contributed by atoms with van der Waals surface area (Å²) >= 11 is 0. The van der Waals surface area contributed by atoms with Crippen LogP contribution in [-0.2, 0) is 9.13 Å². The molecular weight excluding hydrogens is 462 g/mol. The van der Waals surface area contributed by atoms with E-state index < -0.39 is 27.3 Å². The maximum Gasteiger partial charge on any atom is 0.414 e. The molecule has 6 heteroatoms. The van der Waals surface area contributed by atoms with Crippen molar-refractivity contribution in [3.63, 3.8) is 0 Å². The zero-order valence-electron chi connectivity index (χ0n) is 18.4.